The Morgan fingerprint density at radius 1 is 1.28 bits per heavy atom. The topological polar surface area (TPSA) is 129 Å². The smallest absolute Gasteiger partial charge is 0.246 e. The maximum absolute atomic E-state index is 13.1. The number of nitrogens with zero attached hydrogens (tertiary/aromatic N) is 3. The summed E-state index contributed by atoms with van der Waals surface area (Å²) in [5.74, 6) is -0.611. The van der Waals surface area contributed by atoms with Gasteiger partial charge in [-0.3, -0.25) is 24.5 Å². The molecule has 0 unspecified atom stereocenters. The molecule has 1 aromatic heterocycles. The zero-order valence-corrected chi connectivity index (χ0v) is 23.8. The quantitative estimate of drug-likeness (QED) is 0.278. The number of Topliss-reactive ketones (excluding diaryl/α,β-unsaturated/α-hetero) is 1. The lowest BCUT2D eigenvalue weighted by molar-refractivity contribution is -0.135. The Balaban J connectivity index is 1.40. The number of halogens is 2. The lowest BCUT2D eigenvalue weighted by atomic mass is 10.0. The van der Waals surface area contributed by atoms with Crippen molar-refractivity contribution in [3.63, 3.8) is 0 Å². The minimum atomic E-state index is -0.816. The molecule has 2 aliphatic rings. The second-order valence-corrected chi connectivity index (χ2v) is 11.5. The fourth-order valence-corrected chi connectivity index (χ4v) is 5.21. The van der Waals surface area contributed by atoms with E-state index in [2.05, 4.69) is 15.7 Å². The molecule has 0 radical (unpaired) electrons. The average molecular weight is 575 g/mol. The summed E-state index contributed by atoms with van der Waals surface area (Å²) in [6.45, 7) is 5.17. The number of aryl methyl sites for hydroxylation is 2. The average Bonchev–Trinajstić information content (AvgIpc) is 3.19. The van der Waals surface area contributed by atoms with E-state index in [9.17, 15) is 14.4 Å². The number of carbonyl (C=O) groups excluding carboxylic acids is 3. The highest BCUT2D eigenvalue weighted by Crippen LogP contribution is 2.54. The lowest BCUT2D eigenvalue weighted by Crippen LogP contribution is -2.49. The van der Waals surface area contributed by atoms with Crippen LogP contribution in [-0.2, 0) is 28.0 Å². The van der Waals surface area contributed by atoms with E-state index >= 15 is 0 Å². The highest BCUT2D eigenvalue weighted by Gasteiger charge is 2.54. The molecule has 2 heterocycles. The van der Waals surface area contributed by atoms with Crippen LogP contribution in [0.4, 0.5) is 5.69 Å². The minimum absolute atomic E-state index is 0.0278. The van der Waals surface area contributed by atoms with Crippen molar-refractivity contribution in [2.24, 2.45) is 13.0 Å². The summed E-state index contributed by atoms with van der Waals surface area (Å²) in [5.41, 5.74) is 2.26. The molecule has 12 heteroatoms. The normalized spacial score (nSPS) is 19.9. The van der Waals surface area contributed by atoms with Crippen molar-refractivity contribution in [3.8, 4) is 5.75 Å². The molecule has 1 aromatic carbocycles. The molecule has 2 amide bonds. The molecule has 10 nitrogen and oxygen atoms in total. The van der Waals surface area contributed by atoms with Crippen molar-refractivity contribution in [1.29, 1.82) is 5.41 Å². The van der Waals surface area contributed by atoms with E-state index in [0.717, 1.165) is 11.4 Å². The van der Waals surface area contributed by atoms with E-state index in [1.807, 2.05) is 27.0 Å². The molecule has 3 N–H and O–H groups in total. The molecule has 0 bridgehead atoms. The number of ether oxygens (including phenoxy) is 1. The van der Waals surface area contributed by atoms with E-state index in [1.54, 1.807) is 35.2 Å². The maximum Gasteiger partial charge on any atom is 0.246 e. The number of nitrogens with one attached hydrogen (secondary N) is 3. The van der Waals surface area contributed by atoms with Gasteiger partial charge in [0.25, 0.3) is 0 Å². The van der Waals surface area contributed by atoms with Crippen LogP contribution in [0.25, 0.3) is 0 Å². The molecule has 3 atom stereocenters. The third-order valence-corrected chi connectivity index (χ3v) is 7.86. The first-order chi connectivity index (χ1) is 18.4. The summed E-state index contributed by atoms with van der Waals surface area (Å²) >= 11 is 12.2. The molecule has 1 aliphatic heterocycles. The number of hydrogen-bond acceptors (Lipinski definition) is 7. The van der Waals surface area contributed by atoms with E-state index in [1.165, 1.54) is 11.8 Å². The molecule has 4 rings (SSSR count). The summed E-state index contributed by atoms with van der Waals surface area (Å²) in [7, 11) is 1.85. The Bertz CT molecular complexity index is 1320. The van der Waals surface area contributed by atoms with Gasteiger partial charge in [-0.25, -0.2) is 0 Å². The summed E-state index contributed by atoms with van der Waals surface area (Å²) in [4.78, 5) is 39.4. The van der Waals surface area contributed by atoms with Crippen molar-refractivity contribution in [1.82, 2.24) is 20.0 Å². The molecule has 1 saturated carbocycles. The number of anilines is 1. The molecule has 1 fully saturated rings. The first-order valence-electron chi connectivity index (χ1n) is 12.6. The zero-order chi connectivity index (χ0) is 28.5. The number of alkyl halides is 2. The third-order valence-electron chi connectivity index (χ3n) is 6.99. The van der Waals surface area contributed by atoms with Gasteiger partial charge in [0, 0.05) is 49.1 Å². The third kappa shape index (κ3) is 6.62. The van der Waals surface area contributed by atoms with Crippen LogP contribution in [0.3, 0.4) is 0 Å². The molecule has 39 heavy (non-hydrogen) atoms. The fourth-order valence-electron chi connectivity index (χ4n) is 4.50. The number of rotatable bonds is 11. The van der Waals surface area contributed by atoms with Crippen LogP contribution in [0.1, 0.15) is 43.6 Å². The number of amides is 2. The van der Waals surface area contributed by atoms with Crippen molar-refractivity contribution in [3.05, 3.63) is 53.5 Å². The summed E-state index contributed by atoms with van der Waals surface area (Å²) in [6, 6.07) is 5.96. The van der Waals surface area contributed by atoms with Gasteiger partial charge in [0.15, 0.2) is 5.78 Å². The number of aromatic nitrogens is 2. The SMILES string of the molecule is CC(=O)C(=N)c1cc(OCc2cc(C)n(C)n2)ccc1NCC(=O)N1C=CC[C@H]1C(=O)N[C@H](C)[C@H]1CC1(Cl)Cl. The highest BCUT2D eigenvalue weighted by molar-refractivity contribution is 6.51. The summed E-state index contributed by atoms with van der Waals surface area (Å²) in [6.07, 6.45) is 4.36. The summed E-state index contributed by atoms with van der Waals surface area (Å²) in [5, 5.41) is 18.6. The Morgan fingerprint density at radius 3 is 2.62 bits per heavy atom. The maximum atomic E-state index is 13.1. The second-order valence-electron chi connectivity index (χ2n) is 9.99. The van der Waals surface area contributed by atoms with Gasteiger partial charge in [-0.2, -0.15) is 5.10 Å². The second kappa shape index (κ2) is 11.4. The van der Waals surface area contributed by atoms with Crippen LogP contribution in [0.5, 0.6) is 5.75 Å². The van der Waals surface area contributed by atoms with Crippen LogP contribution in [0.15, 0.2) is 36.5 Å². The van der Waals surface area contributed by atoms with Gasteiger partial charge in [-0.05, 0) is 51.0 Å². The highest BCUT2D eigenvalue weighted by atomic mass is 35.5. The number of benzene rings is 1. The van der Waals surface area contributed by atoms with Crippen LogP contribution < -0.4 is 15.4 Å². The van der Waals surface area contributed by atoms with Crippen LogP contribution >= 0.6 is 23.2 Å². The van der Waals surface area contributed by atoms with Crippen LogP contribution in [0.2, 0.25) is 0 Å². The standard InChI is InChI=1S/C27H32Cl2N6O4/c1-15-10-18(33-34(15)4)14-39-19-7-8-22(20(11-19)25(30)17(3)36)31-13-24(37)35-9-5-6-23(35)26(38)32-16(2)21-12-27(21,28)29/h5,7-11,16,21,23,30-31H,6,12-14H2,1-4H3,(H,32,38)/t16-,21-,23+/m1/s1. The summed E-state index contributed by atoms with van der Waals surface area (Å²) < 4.78 is 6.78. The Hall–Kier alpha value is -3.37. The van der Waals surface area contributed by atoms with Crippen molar-refractivity contribution in [2.75, 3.05) is 11.9 Å². The van der Waals surface area contributed by atoms with Crippen molar-refractivity contribution >= 4 is 52.2 Å². The molecule has 208 valence electrons. The van der Waals surface area contributed by atoms with Gasteiger partial charge in [-0.15, -0.1) is 23.2 Å². The van der Waals surface area contributed by atoms with E-state index in [-0.39, 0.29) is 42.6 Å². The monoisotopic (exact) mass is 574 g/mol. The van der Waals surface area contributed by atoms with Gasteiger partial charge in [0.2, 0.25) is 11.8 Å². The van der Waals surface area contributed by atoms with E-state index in [0.29, 0.717) is 29.8 Å². The van der Waals surface area contributed by atoms with Gasteiger partial charge in [0.05, 0.1) is 6.54 Å². The Kier molecular flexibility index (Phi) is 8.37. The predicted octanol–water partition coefficient (Wildman–Crippen LogP) is 3.49. The molecule has 1 aliphatic carbocycles. The zero-order valence-electron chi connectivity index (χ0n) is 22.3. The van der Waals surface area contributed by atoms with Crippen LogP contribution in [-0.4, -0.2) is 61.0 Å². The lowest BCUT2D eigenvalue weighted by Gasteiger charge is -2.25. The fraction of sp³-hybridized carbons (Fsp3) is 0.444. The first kappa shape index (κ1) is 28.6. The van der Waals surface area contributed by atoms with Gasteiger partial charge in [0.1, 0.15) is 34.1 Å². The van der Waals surface area contributed by atoms with Gasteiger partial charge < -0.3 is 20.3 Å². The largest absolute Gasteiger partial charge is 0.487 e. The first-order valence-corrected chi connectivity index (χ1v) is 13.4. The number of carbonyl (C=O) groups is 3. The molecule has 0 saturated heterocycles. The number of hydrogen-bond donors (Lipinski definition) is 3. The number of ketones is 1. The minimum Gasteiger partial charge on any atom is -0.487 e. The van der Waals surface area contributed by atoms with Crippen LogP contribution in [0, 0.1) is 18.3 Å². The van der Waals surface area contributed by atoms with Gasteiger partial charge >= 0.3 is 0 Å². The van der Waals surface area contributed by atoms with E-state index in [4.69, 9.17) is 33.3 Å². The van der Waals surface area contributed by atoms with Gasteiger partial charge in [-0.1, -0.05) is 6.08 Å². The Labute approximate surface area is 237 Å². The Morgan fingerprint density at radius 2 is 2.00 bits per heavy atom. The molecule has 2 aromatic rings. The molecule has 0 spiro atoms. The molecular weight excluding hydrogens is 543 g/mol. The van der Waals surface area contributed by atoms with E-state index < -0.39 is 16.2 Å². The molecular formula is C27H32Cl2N6O4. The predicted molar refractivity (Wildman–Crippen MR) is 149 cm³/mol. The van der Waals surface area contributed by atoms with Crippen molar-refractivity contribution < 1.29 is 19.1 Å². The van der Waals surface area contributed by atoms with Crippen molar-refractivity contribution in [2.45, 2.75) is 56.6 Å².